The van der Waals surface area contributed by atoms with Crippen LogP contribution in [0.5, 0.6) is 0 Å². The first kappa shape index (κ1) is 13.0. The fraction of sp³-hybridized carbons (Fsp3) is 1.00. The van der Waals surface area contributed by atoms with Crippen LogP contribution < -0.4 is 5.73 Å². The molecule has 2 N–H and O–H groups in total. The predicted octanol–water partition coefficient (Wildman–Crippen LogP) is 2.34. The molecule has 1 heterocycles. The third-order valence-electron chi connectivity index (χ3n) is 3.41. The van der Waals surface area contributed by atoms with Gasteiger partial charge in [-0.2, -0.15) is 0 Å². The third kappa shape index (κ3) is 4.52. The van der Waals surface area contributed by atoms with Gasteiger partial charge in [0.1, 0.15) is 0 Å². The van der Waals surface area contributed by atoms with Gasteiger partial charge in [0.25, 0.3) is 0 Å². The van der Waals surface area contributed by atoms with Crippen LogP contribution in [-0.4, -0.2) is 31.1 Å². The smallest absolute Gasteiger partial charge is 0.00333 e. The van der Waals surface area contributed by atoms with E-state index in [0.29, 0.717) is 11.3 Å². The SMILES string of the molecule is CC(C)CC(CN)CN1CCC(C)(C)C1. The molecule has 0 saturated carbocycles. The van der Waals surface area contributed by atoms with Crippen molar-refractivity contribution < 1.29 is 0 Å². The maximum Gasteiger partial charge on any atom is 0.00333 e. The second-order valence-corrected chi connectivity index (χ2v) is 6.38. The Bertz CT molecular complexity index is 187. The van der Waals surface area contributed by atoms with Gasteiger partial charge in [-0.3, -0.25) is 0 Å². The van der Waals surface area contributed by atoms with Crippen molar-refractivity contribution in [1.82, 2.24) is 4.90 Å². The van der Waals surface area contributed by atoms with Crippen LogP contribution in [-0.2, 0) is 0 Å². The molecule has 1 unspecified atom stereocenters. The average molecular weight is 212 g/mol. The molecule has 15 heavy (non-hydrogen) atoms. The summed E-state index contributed by atoms with van der Waals surface area (Å²) in [4.78, 5) is 2.60. The van der Waals surface area contributed by atoms with E-state index in [0.717, 1.165) is 12.5 Å². The quantitative estimate of drug-likeness (QED) is 0.758. The molecule has 0 aromatic heterocycles. The highest BCUT2D eigenvalue weighted by Crippen LogP contribution is 2.29. The summed E-state index contributed by atoms with van der Waals surface area (Å²) in [6, 6.07) is 0. The van der Waals surface area contributed by atoms with Crippen LogP contribution in [0.2, 0.25) is 0 Å². The minimum atomic E-state index is 0.525. The van der Waals surface area contributed by atoms with Crippen molar-refractivity contribution in [3.8, 4) is 0 Å². The van der Waals surface area contributed by atoms with Crippen molar-refractivity contribution in [3.05, 3.63) is 0 Å². The lowest BCUT2D eigenvalue weighted by Crippen LogP contribution is -2.33. The molecule has 0 aromatic rings. The Morgan fingerprint density at radius 1 is 1.33 bits per heavy atom. The number of nitrogens with zero attached hydrogens (tertiary/aromatic N) is 1. The number of rotatable bonds is 5. The molecule has 0 aromatic carbocycles. The highest BCUT2D eigenvalue weighted by Gasteiger charge is 2.30. The molecular weight excluding hydrogens is 184 g/mol. The minimum absolute atomic E-state index is 0.525. The molecule has 1 aliphatic heterocycles. The van der Waals surface area contributed by atoms with Gasteiger partial charge in [-0.1, -0.05) is 27.7 Å². The van der Waals surface area contributed by atoms with Crippen LogP contribution in [0.1, 0.15) is 40.5 Å². The Morgan fingerprint density at radius 3 is 2.40 bits per heavy atom. The van der Waals surface area contributed by atoms with Crippen molar-refractivity contribution in [2.75, 3.05) is 26.2 Å². The molecule has 1 rings (SSSR count). The van der Waals surface area contributed by atoms with E-state index >= 15 is 0 Å². The Kier molecular flexibility index (Phi) is 4.60. The molecule has 1 saturated heterocycles. The topological polar surface area (TPSA) is 29.3 Å². The van der Waals surface area contributed by atoms with E-state index in [4.69, 9.17) is 5.73 Å². The molecular formula is C13H28N2. The zero-order valence-corrected chi connectivity index (χ0v) is 10.9. The van der Waals surface area contributed by atoms with Crippen LogP contribution in [0.25, 0.3) is 0 Å². The van der Waals surface area contributed by atoms with E-state index in [1.165, 1.54) is 32.5 Å². The second kappa shape index (κ2) is 5.31. The van der Waals surface area contributed by atoms with E-state index in [-0.39, 0.29) is 0 Å². The largest absolute Gasteiger partial charge is 0.330 e. The lowest BCUT2D eigenvalue weighted by Gasteiger charge is -2.25. The first-order valence-corrected chi connectivity index (χ1v) is 6.35. The van der Waals surface area contributed by atoms with Crippen LogP contribution >= 0.6 is 0 Å². The van der Waals surface area contributed by atoms with Gasteiger partial charge in [0.05, 0.1) is 0 Å². The molecule has 1 fully saturated rings. The van der Waals surface area contributed by atoms with E-state index < -0.39 is 0 Å². The summed E-state index contributed by atoms with van der Waals surface area (Å²) >= 11 is 0. The van der Waals surface area contributed by atoms with Crippen molar-refractivity contribution in [3.63, 3.8) is 0 Å². The highest BCUT2D eigenvalue weighted by atomic mass is 15.2. The molecule has 0 bridgehead atoms. The molecule has 0 amide bonds. The normalized spacial score (nSPS) is 23.6. The molecule has 2 heteroatoms. The number of nitrogens with two attached hydrogens (primary N) is 1. The van der Waals surface area contributed by atoms with Crippen LogP contribution in [0.15, 0.2) is 0 Å². The van der Waals surface area contributed by atoms with Gasteiger partial charge in [-0.25, -0.2) is 0 Å². The van der Waals surface area contributed by atoms with Gasteiger partial charge in [0, 0.05) is 13.1 Å². The summed E-state index contributed by atoms with van der Waals surface area (Å²) in [5.41, 5.74) is 6.36. The summed E-state index contributed by atoms with van der Waals surface area (Å²) in [6.45, 7) is 13.9. The minimum Gasteiger partial charge on any atom is -0.330 e. The molecule has 0 aliphatic carbocycles. The van der Waals surface area contributed by atoms with Gasteiger partial charge < -0.3 is 10.6 Å². The lowest BCUT2D eigenvalue weighted by molar-refractivity contribution is 0.234. The first-order valence-electron chi connectivity index (χ1n) is 6.35. The van der Waals surface area contributed by atoms with E-state index in [9.17, 15) is 0 Å². The summed E-state index contributed by atoms with van der Waals surface area (Å²) in [5, 5.41) is 0. The monoisotopic (exact) mass is 212 g/mol. The Hall–Kier alpha value is -0.0800. The summed E-state index contributed by atoms with van der Waals surface area (Å²) in [6.07, 6.45) is 2.61. The van der Waals surface area contributed by atoms with Crippen molar-refractivity contribution in [2.24, 2.45) is 23.0 Å². The molecule has 1 atom stereocenters. The summed E-state index contributed by atoms with van der Waals surface area (Å²) in [5.74, 6) is 1.47. The van der Waals surface area contributed by atoms with Gasteiger partial charge in [-0.05, 0) is 43.2 Å². The van der Waals surface area contributed by atoms with E-state index in [1.54, 1.807) is 0 Å². The Morgan fingerprint density at radius 2 is 2.00 bits per heavy atom. The number of hydrogen-bond donors (Lipinski definition) is 1. The van der Waals surface area contributed by atoms with Crippen LogP contribution in [0, 0.1) is 17.3 Å². The number of likely N-dealkylation sites (tertiary alicyclic amines) is 1. The first-order chi connectivity index (χ1) is 6.93. The standard InChI is InChI=1S/C13H28N2/c1-11(2)7-12(8-14)9-15-6-5-13(3,4)10-15/h11-12H,5-10,14H2,1-4H3. The second-order valence-electron chi connectivity index (χ2n) is 6.38. The zero-order valence-electron chi connectivity index (χ0n) is 10.9. The molecule has 1 aliphatic rings. The zero-order chi connectivity index (χ0) is 11.5. The van der Waals surface area contributed by atoms with Gasteiger partial charge in [0.15, 0.2) is 0 Å². The Labute approximate surface area is 95.2 Å². The maximum atomic E-state index is 5.84. The summed E-state index contributed by atoms with van der Waals surface area (Å²) < 4.78 is 0. The fourth-order valence-corrected chi connectivity index (χ4v) is 2.66. The van der Waals surface area contributed by atoms with Crippen LogP contribution in [0.4, 0.5) is 0 Å². The lowest BCUT2D eigenvalue weighted by atomic mass is 9.93. The Balaban J connectivity index is 2.33. The molecule has 0 spiro atoms. The van der Waals surface area contributed by atoms with Crippen LogP contribution in [0.3, 0.4) is 0 Å². The molecule has 0 radical (unpaired) electrons. The fourth-order valence-electron chi connectivity index (χ4n) is 2.66. The summed E-state index contributed by atoms with van der Waals surface area (Å²) in [7, 11) is 0. The van der Waals surface area contributed by atoms with Gasteiger partial charge in [0.2, 0.25) is 0 Å². The average Bonchev–Trinajstić information content (AvgIpc) is 2.43. The third-order valence-corrected chi connectivity index (χ3v) is 3.41. The van der Waals surface area contributed by atoms with Crippen molar-refractivity contribution in [1.29, 1.82) is 0 Å². The van der Waals surface area contributed by atoms with Gasteiger partial charge in [-0.15, -0.1) is 0 Å². The molecule has 90 valence electrons. The van der Waals surface area contributed by atoms with E-state index in [2.05, 4.69) is 32.6 Å². The van der Waals surface area contributed by atoms with Crippen molar-refractivity contribution in [2.45, 2.75) is 40.5 Å². The highest BCUT2D eigenvalue weighted by molar-refractivity contribution is 4.83. The van der Waals surface area contributed by atoms with E-state index in [1.807, 2.05) is 0 Å². The predicted molar refractivity (Wildman–Crippen MR) is 66.8 cm³/mol. The maximum absolute atomic E-state index is 5.84. The van der Waals surface area contributed by atoms with Crippen molar-refractivity contribution >= 4 is 0 Å². The molecule has 2 nitrogen and oxygen atoms in total. The number of hydrogen-bond acceptors (Lipinski definition) is 2. The van der Waals surface area contributed by atoms with Gasteiger partial charge >= 0.3 is 0 Å².